The van der Waals surface area contributed by atoms with E-state index in [2.05, 4.69) is 5.32 Å². The number of imide groups is 1. The fourth-order valence-corrected chi connectivity index (χ4v) is 2.88. The van der Waals surface area contributed by atoms with E-state index in [1.807, 2.05) is 25.1 Å². The largest absolute Gasteiger partial charge is 0.322 e. The Bertz CT molecular complexity index is 582. The third-order valence-electron chi connectivity index (χ3n) is 3.76. The highest BCUT2D eigenvalue weighted by atomic mass is 16.2. The Kier molecular flexibility index (Phi) is 2.62. The van der Waals surface area contributed by atoms with Crippen LogP contribution in [-0.4, -0.2) is 28.7 Å². The van der Waals surface area contributed by atoms with Crippen LogP contribution in [0.15, 0.2) is 24.3 Å². The van der Waals surface area contributed by atoms with E-state index in [-0.39, 0.29) is 30.1 Å². The Hall–Kier alpha value is -2.17. The van der Waals surface area contributed by atoms with Crippen molar-refractivity contribution < 1.29 is 14.4 Å². The molecule has 0 spiro atoms. The average Bonchev–Trinajstić information content (AvgIpc) is 2.66. The lowest BCUT2D eigenvalue weighted by Crippen LogP contribution is -2.56. The predicted octanol–water partition coefficient (Wildman–Crippen LogP) is 0.694. The number of nitrogens with one attached hydrogen (secondary N) is 1. The van der Waals surface area contributed by atoms with Gasteiger partial charge >= 0.3 is 0 Å². The Balaban J connectivity index is 1.91. The van der Waals surface area contributed by atoms with Crippen molar-refractivity contribution >= 4 is 17.7 Å². The van der Waals surface area contributed by atoms with Crippen LogP contribution in [0.4, 0.5) is 0 Å². The van der Waals surface area contributed by atoms with E-state index in [0.717, 1.165) is 5.56 Å². The summed E-state index contributed by atoms with van der Waals surface area (Å²) in [5.41, 5.74) is 1.59. The zero-order valence-electron chi connectivity index (χ0n) is 10.6. The molecule has 1 N–H and O–H groups in total. The molecule has 1 aromatic carbocycles. The van der Waals surface area contributed by atoms with Crippen molar-refractivity contribution in [2.24, 2.45) is 5.92 Å². The zero-order valence-corrected chi connectivity index (χ0v) is 10.6. The van der Waals surface area contributed by atoms with E-state index < -0.39 is 6.04 Å². The van der Waals surface area contributed by atoms with Gasteiger partial charge in [-0.3, -0.25) is 19.7 Å². The van der Waals surface area contributed by atoms with E-state index in [1.165, 1.54) is 0 Å². The van der Waals surface area contributed by atoms with Gasteiger partial charge in [0.05, 0.1) is 0 Å². The molecule has 19 heavy (non-hydrogen) atoms. The third kappa shape index (κ3) is 1.82. The summed E-state index contributed by atoms with van der Waals surface area (Å²) in [7, 11) is 0. The van der Waals surface area contributed by atoms with Gasteiger partial charge in [-0.2, -0.15) is 0 Å². The number of piperidine rings is 1. The smallest absolute Gasteiger partial charge is 0.255 e. The summed E-state index contributed by atoms with van der Waals surface area (Å²) < 4.78 is 0. The molecule has 2 aliphatic heterocycles. The van der Waals surface area contributed by atoms with Gasteiger partial charge in [-0.05, 0) is 17.5 Å². The van der Waals surface area contributed by atoms with Gasteiger partial charge in [0.1, 0.15) is 6.04 Å². The second kappa shape index (κ2) is 4.19. The Morgan fingerprint density at radius 2 is 1.95 bits per heavy atom. The lowest BCUT2D eigenvalue weighted by Gasteiger charge is -2.34. The van der Waals surface area contributed by atoms with Crippen molar-refractivity contribution in [3.8, 4) is 0 Å². The standard InChI is InChI=1S/C14H14N2O3/c1-8-6-11(17)15-13(18)12(8)16-7-9-4-2-3-5-10(9)14(16)19/h2-5,8,12H,6-7H2,1H3,(H,15,17,18)/t8-,12-/m0/s1. The molecule has 0 bridgehead atoms. The van der Waals surface area contributed by atoms with Crippen molar-refractivity contribution in [2.45, 2.75) is 25.9 Å². The number of carbonyl (C=O) groups excluding carboxylic acids is 3. The first-order valence-electron chi connectivity index (χ1n) is 6.30. The highest BCUT2D eigenvalue weighted by Gasteiger charge is 2.42. The second-order valence-electron chi connectivity index (χ2n) is 5.13. The first-order valence-corrected chi connectivity index (χ1v) is 6.30. The molecule has 1 fully saturated rings. The summed E-state index contributed by atoms with van der Waals surface area (Å²) >= 11 is 0. The van der Waals surface area contributed by atoms with Crippen molar-refractivity contribution in [2.75, 3.05) is 0 Å². The van der Waals surface area contributed by atoms with Crippen LogP contribution in [0.5, 0.6) is 0 Å². The van der Waals surface area contributed by atoms with Crippen LogP contribution in [-0.2, 0) is 16.1 Å². The fourth-order valence-electron chi connectivity index (χ4n) is 2.88. The number of benzene rings is 1. The molecule has 98 valence electrons. The van der Waals surface area contributed by atoms with E-state index in [1.54, 1.807) is 11.0 Å². The number of fused-ring (bicyclic) bond motifs is 1. The SMILES string of the molecule is C[C@H]1CC(=O)NC(=O)[C@H]1N1Cc2ccccc2C1=O. The Morgan fingerprint density at radius 1 is 1.21 bits per heavy atom. The van der Waals surface area contributed by atoms with Crippen LogP contribution in [0, 0.1) is 5.92 Å². The number of nitrogens with zero attached hydrogens (tertiary/aromatic N) is 1. The van der Waals surface area contributed by atoms with E-state index in [9.17, 15) is 14.4 Å². The minimum absolute atomic E-state index is 0.128. The van der Waals surface area contributed by atoms with Crippen LogP contribution in [0.25, 0.3) is 0 Å². The van der Waals surface area contributed by atoms with Gasteiger partial charge in [0.2, 0.25) is 11.8 Å². The topological polar surface area (TPSA) is 66.5 Å². The van der Waals surface area contributed by atoms with E-state index >= 15 is 0 Å². The number of rotatable bonds is 1. The number of hydrogen-bond donors (Lipinski definition) is 1. The zero-order chi connectivity index (χ0) is 13.6. The van der Waals surface area contributed by atoms with Gasteiger partial charge in [0, 0.05) is 18.5 Å². The molecular formula is C14H14N2O3. The quantitative estimate of drug-likeness (QED) is 0.754. The Morgan fingerprint density at radius 3 is 2.63 bits per heavy atom. The molecule has 5 nitrogen and oxygen atoms in total. The predicted molar refractivity (Wildman–Crippen MR) is 67.0 cm³/mol. The summed E-state index contributed by atoms with van der Waals surface area (Å²) in [5, 5.41) is 2.31. The van der Waals surface area contributed by atoms with Gasteiger partial charge in [0.25, 0.3) is 5.91 Å². The monoisotopic (exact) mass is 258 g/mol. The molecule has 1 aromatic rings. The third-order valence-corrected chi connectivity index (χ3v) is 3.76. The van der Waals surface area contributed by atoms with Crippen LogP contribution < -0.4 is 5.32 Å². The van der Waals surface area contributed by atoms with Gasteiger partial charge in [-0.25, -0.2) is 0 Å². The molecule has 3 rings (SSSR count). The van der Waals surface area contributed by atoms with Crippen LogP contribution in [0.2, 0.25) is 0 Å². The normalized spacial score (nSPS) is 26.4. The van der Waals surface area contributed by atoms with Crippen molar-refractivity contribution in [1.82, 2.24) is 10.2 Å². The van der Waals surface area contributed by atoms with Crippen LogP contribution >= 0.6 is 0 Å². The molecule has 0 radical (unpaired) electrons. The molecule has 0 aliphatic carbocycles. The average molecular weight is 258 g/mol. The summed E-state index contributed by atoms with van der Waals surface area (Å²) in [6, 6.07) is 6.80. The molecule has 1 saturated heterocycles. The molecule has 2 aliphatic rings. The fraction of sp³-hybridized carbons (Fsp3) is 0.357. The van der Waals surface area contributed by atoms with E-state index in [0.29, 0.717) is 12.1 Å². The first-order chi connectivity index (χ1) is 9.08. The number of carbonyl (C=O) groups is 3. The highest BCUT2D eigenvalue weighted by molar-refractivity contribution is 6.05. The molecule has 2 atom stereocenters. The second-order valence-corrected chi connectivity index (χ2v) is 5.13. The number of amides is 3. The van der Waals surface area contributed by atoms with Gasteiger partial charge in [-0.1, -0.05) is 25.1 Å². The first kappa shape index (κ1) is 11.9. The molecule has 3 amide bonds. The summed E-state index contributed by atoms with van der Waals surface area (Å²) in [6.07, 6.45) is 0.274. The lowest BCUT2D eigenvalue weighted by atomic mass is 9.92. The molecule has 0 aromatic heterocycles. The molecular weight excluding hydrogens is 244 g/mol. The molecule has 0 unspecified atom stereocenters. The van der Waals surface area contributed by atoms with Crippen molar-refractivity contribution in [1.29, 1.82) is 0 Å². The highest BCUT2D eigenvalue weighted by Crippen LogP contribution is 2.29. The van der Waals surface area contributed by atoms with E-state index in [4.69, 9.17) is 0 Å². The minimum atomic E-state index is -0.558. The summed E-state index contributed by atoms with van der Waals surface area (Å²) in [6.45, 7) is 2.27. The Labute approximate surface area is 110 Å². The van der Waals surface area contributed by atoms with Gasteiger partial charge in [0.15, 0.2) is 0 Å². The maximum atomic E-state index is 12.3. The summed E-state index contributed by atoms with van der Waals surface area (Å²) in [5.74, 6) is -0.917. The maximum Gasteiger partial charge on any atom is 0.255 e. The molecule has 0 saturated carbocycles. The van der Waals surface area contributed by atoms with Crippen LogP contribution in [0.1, 0.15) is 29.3 Å². The van der Waals surface area contributed by atoms with Crippen LogP contribution in [0.3, 0.4) is 0 Å². The molecule has 5 heteroatoms. The van der Waals surface area contributed by atoms with Crippen molar-refractivity contribution in [3.63, 3.8) is 0 Å². The van der Waals surface area contributed by atoms with Gasteiger partial charge in [-0.15, -0.1) is 0 Å². The van der Waals surface area contributed by atoms with Gasteiger partial charge < -0.3 is 4.90 Å². The lowest BCUT2D eigenvalue weighted by molar-refractivity contribution is -0.139. The number of hydrogen-bond acceptors (Lipinski definition) is 3. The molecule has 2 heterocycles. The van der Waals surface area contributed by atoms with Crippen molar-refractivity contribution in [3.05, 3.63) is 35.4 Å². The minimum Gasteiger partial charge on any atom is -0.322 e. The summed E-state index contributed by atoms with van der Waals surface area (Å²) in [4.78, 5) is 37.2. The maximum absolute atomic E-state index is 12.3.